The van der Waals surface area contributed by atoms with Crippen LogP contribution in [0.3, 0.4) is 0 Å². The lowest BCUT2D eigenvalue weighted by molar-refractivity contribution is -0.137. The van der Waals surface area contributed by atoms with E-state index in [1.807, 2.05) is 6.07 Å². The predicted octanol–water partition coefficient (Wildman–Crippen LogP) is 4.85. The van der Waals surface area contributed by atoms with Crippen molar-refractivity contribution in [1.29, 1.82) is 0 Å². The van der Waals surface area contributed by atoms with E-state index in [2.05, 4.69) is 10.6 Å². The Morgan fingerprint density at radius 3 is 2.27 bits per heavy atom. The standard InChI is InChI=1S/C15H12ClF3N2S/c16-12-3-1-2-4-13(12)21-14(22)20-9-10-5-7-11(8-6-10)15(17,18)19/h1-8H,9H2,(H2,20,21,22). The Balaban J connectivity index is 1.90. The van der Waals surface area contributed by atoms with Crippen molar-refractivity contribution in [2.75, 3.05) is 5.32 Å². The molecule has 0 radical (unpaired) electrons. The number of thiocarbonyl (C=S) groups is 1. The minimum Gasteiger partial charge on any atom is -0.358 e. The maximum Gasteiger partial charge on any atom is 0.416 e. The van der Waals surface area contributed by atoms with Crippen LogP contribution < -0.4 is 10.6 Å². The molecule has 0 atom stereocenters. The smallest absolute Gasteiger partial charge is 0.358 e. The van der Waals surface area contributed by atoms with Crippen molar-refractivity contribution >= 4 is 34.6 Å². The Labute approximate surface area is 136 Å². The molecule has 0 aromatic heterocycles. The highest BCUT2D eigenvalue weighted by Gasteiger charge is 2.29. The number of benzene rings is 2. The molecule has 22 heavy (non-hydrogen) atoms. The van der Waals surface area contributed by atoms with Crippen molar-refractivity contribution in [3.63, 3.8) is 0 Å². The third kappa shape index (κ3) is 4.61. The molecule has 0 saturated heterocycles. The minimum atomic E-state index is -4.33. The summed E-state index contributed by atoms with van der Waals surface area (Å²) in [6, 6.07) is 12.0. The lowest BCUT2D eigenvalue weighted by Gasteiger charge is -2.12. The van der Waals surface area contributed by atoms with Gasteiger partial charge in [0, 0.05) is 6.54 Å². The van der Waals surface area contributed by atoms with Crippen LogP contribution >= 0.6 is 23.8 Å². The van der Waals surface area contributed by atoms with E-state index in [0.717, 1.165) is 12.1 Å². The molecule has 0 bridgehead atoms. The molecule has 2 nitrogen and oxygen atoms in total. The van der Waals surface area contributed by atoms with E-state index in [4.69, 9.17) is 23.8 Å². The summed E-state index contributed by atoms with van der Waals surface area (Å²) in [5, 5.41) is 6.71. The van der Waals surface area contributed by atoms with Crippen LogP contribution in [0.5, 0.6) is 0 Å². The fourth-order valence-electron chi connectivity index (χ4n) is 1.72. The average Bonchev–Trinajstić information content (AvgIpc) is 2.47. The second-order valence-corrected chi connectivity index (χ2v) is 5.30. The summed E-state index contributed by atoms with van der Waals surface area (Å²) < 4.78 is 37.4. The van der Waals surface area contributed by atoms with Gasteiger partial charge in [-0.05, 0) is 42.0 Å². The third-order valence-electron chi connectivity index (χ3n) is 2.86. The molecule has 116 valence electrons. The minimum absolute atomic E-state index is 0.314. The maximum absolute atomic E-state index is 12.5. The molecule has 0 aliphatic carbocycles. The number of anilines is 1. The molecule has 7 heteroatoms. The van der Waals surface area contributed by atoms with Gasteiger partial charge < -0.3 is 10.6 Å². The molecule has 0 aliphatic heterocycles. The van der Waals surface area contributed by atoms with Crippen LogP contribution in [0.4, 0.5) is 18.9 Å². The van der Waals surface area contributed by atoms with Gasteiger partial charge in [0.15, 0.2) is 5.11 Å². The molecule has 2 N–H and O–H groups in total. The van der Waals surface area contributed by atoms with Gasteiger partial charge in [-0.25, -0.2) is 0 Å². The average molecular weight is 345 g/mol. The van der Waals surface area contributed by atoms with Crippen molar-refractivity contribution in [1.82, 2.24) is 5.32 Å². The second-order valence-electron chi connectivity index (χ2n) is 4.48. The van der Waals surface area contributed by atoms with E-state index < -0.39 is 11.7 Å². The molecule has 0 spiro atoms. The molecule has 2 rings (SSSR count). The van der Waals surface area contributed by atoms with E-state index >= 15 is 0 Å². The number of halogens is 4. The van der Waals surface area contributed by atoms with E-state index in [1.165, 1.54) is 12.1 Å². The quantitative estimate of drug-likeness (QED) is 0.779. The fourth-order valence-corrected chi connectivity index (χ4v) is 2.09. The number of hydrogen-bond donors (Lipinski definition) is 2. The Bertz CT molecular complexity index is 657. The highest BCUT2D eigenvalue weighted by molar-refractivity contribution is 7.80. The number of hydrogen-bond acceptors (Lipinski definition) is 1. The van der Waals surface area contributed by atoms with Gasteiger partial charge in [0.25, 0.3) is 0 Å². The third-order valence-corrected chi connectivity index (χ3v) is 3.43. The van der Waals surface area contributed by atoms with Crippen molar-refractivity contribution in [3.05, 3.63) is 64.7 Å². The molecule has 2 aromatic rings. The zero-order valence-electron chi connectivity index (χ0n) is 11.2. The predicted molar refractivity (Wildman–Crippen MR) is 86.0 cm³/mol. The summed E-state index contributed by atoms with van der Waals surface area (Å²) in [4.78, 5) is 0. The van der Waals surface area contributed by atoms with Gasteiger partial charge in [0.05, 0.1) is 16.3 Å². The van der Waals surface area contributed by atoms with E-state index in [-0.39, 0.29) is 0 Å². The number of alkyl halides is 3. The van der Waals surface area contributed by atoms with Gasteiger partial charge >= 0.3 is 6.18 Å². The first-order valence-electron chi connectivity index (χ1n) is 6.32. The maximum atomic E-state index is 12.5. The molecule has 0 fully saturated rings. The summed E-state index contributed by atoms with van der Waals surface area (Å²) in [5.74, 6) is 0. The van der Waals surface area contributed by atoms with Crippen LogP contribution in [0.15, 0.2) is 48.5 Å². The zero-order chi connectivity index (χ0) is 16.2. The molecule has 0 aliphatic rings. The van der Waals surface area contributed by atoms with Crippen molar-refractivity contribution in [3.8, 4) is 0 Å². The largest absolute Gasteiger partial charge is 0.416 e. The lowest BCUT2D eigenvalue weighted by atomic mass is 10.1. The van der Waals surface area contributed by atoms with E-state index in [0.29, 0.717) is 27.9 Å². The Hall–Kier alpha value is -1.79. The summed E-state index contributed by atoms with van der Waals surface area (Å²) >= 11 is 11.1. The monoisotopic (exact) mass is 344 g/mol. The Kier molecular flexibility index (Phi) is 5.26. The molecular weight excluding hydrogens is 333 g/mol. The van der Waals surface area contributed by atoms with Crippen LogP contribution in [0.25, 0.3) is 0 Å². The van der Waals surface area contributed by atoms with Crippen LogP contribution in [-0.2, 0) is 12.7 Å². The highest BCUT2D eigenvalue weighted by Crippen LogP contribution is 2.29. The fraction of sp³-hybridized carbons (Fsp3) is 0.133. The first kappa shape index (κ1) is 16.6. The van der Waals surface area contributed by atoms with Gasteiger partial charge in [-0.15, -0.1) is 0 Å². The van der Waals surface area contributed by atoms with E-state index in [1.54, 1.807) is 18.2 Å². The summed E-state index contributed by atoms with van der Waals surface area (Å²) in [6.45, 7) is 0.314. The summed E-state index contributed by atoms with van der Waals surface area (Å²) in [6.07, 6.45) is -4.33. The van der Waals surface area contributed by atoms with Gasteiger partial charge in [0.1, 0.15) is 0 Å². The van der Waals surface area contributed by atoms with Crippen molar-refractivity contribution in [2.24, 2.45) is 0 Å². The summed E-state index contributed by atoms with van der Waals surface area (Å²) in [5.41, 5.74) is 0.679. The number of para-hydroxylation sites is 1. The molecule has 0 heterocycles. The van der Waals surface area contributed by atoms with Crippen LogP contribution in [0.1, 0.15) is 11.1 Å². The van der Waals surface area contributed by atoms with Crippen LogP contribution in [0.2, 0.25) is 5.02 Å². The second kappa shape index (κ2) is 6.98. The topological polar surface area (TPSA) is 24.1 Å². The van der Waals surface area contributed by atoms with Gasteiger partial charge in [-0.2, -0.15) is 13.2 Å². The number of rotatable bonds is 3. The highest BCUT2D eigenvalue weighted by atomic mass is 35.5. The molecular formula is C15H12ClF3N2S. The van der Waals surface area contributed by atoms with E-state index in [9.17, 15) is 13.2 Å². The van der Waals surface area contributed by atoms with Crippen molar-refractivity contribution < 1.29 is 13.2 Å². The lowest BCUT2D eigenvalue weighted by Crippen LogP contribution is -2.28. The molecule has 2 aromatic carbocycles. The Morgan fingerprint density at radius 2 is 1.68 bits per heavy atom. The van der Waals surface area contributed by atoms with Crippen LogP contribution in [0, 0.1) is 0 Å². The number of nitrogens with one attached hydrogen (secondary N) is 2. The van der Waals surface area contributed by atoms with Crippen molar-refractivity contribution in [2.45, 2.75) is 12.7 Å². The first-order chi connectivity index (χ1) is 10.4. The summed E-state index contributed by atoms with van der Waals surface area (Å²) in [7, 11) is 0. The normalized spacial score (nSPS) is 11.1. The zero-order valence-corrected chi connectivity index (χ0v) is 12.8. The van der Waals surface area contributed by atoms with Gasteiger partial charge in [-0.1, -0.05) is 35.9 Å². The van der Waals surface area contributed by atoms with Gasteiger partial charge in [-0.3, -0.25) is 0 Å². The Morgan fingerprint density at radius 1 is 1.05 bits per heavy atom. The molecule has 0 unspecified atom stereocenters. The SMILES string of the molecule is FC(F)(F)c1ccc(CNC(=S)Nc2ccccc2Cl)cc1. The molecule has 0 saturated carbocycles. The first-order valence-corrected chi connectivity index (χ1v) is 7.10. The van der Waals surface area contributed by atoms with Crippen LogP contribution in [-0.4, -0.2) is 5.11 Å². The van der Waals surface area contributed by atoms with Gasteiger partial charge in [0.2, 0.25) is 0 Å². The molecule has 0 amide bonds.